The number of rotatable bonds is 3. The second-order valence-corrected chi connectivity index (χ2v) is 4.72. The summed E-state index contributed by atoms with van der Waals surface area (Å²) in [6, 6.07) is 6.83. The maximum Gasteiger partial charge on any atom is 0.166 e. The predicted octanol–water partition coefficient (Wildman–Crippen LogP) is 2.51. The quantitative estimate of drug-likeness (QED) is 0.780. The van der Waals surface area contributed by atoms with Gasteiger partial charge in [0, 0.05) is 24.3 Å². The first-order chi connectivity index (χ1) is 9.15. The number of nitrogens with zero attached hydrogens (tertiary/aromatic N) is 1. The summed E-state index contributed by atoms with van der Waals surface area (Å²) in [7, 11) is 1.48. The molecule has 0 heterocycles. The smallest absolute Gasteiger partial charge is 0.166 e. The van der Waals surface area contributed by atoms with Crippen molar-refractivity contribution in [3.8, 4) is 11.8 Å². The Morgan fingerprint density at radius 3 is 2.89 bits per heavy atom. The molecule has 0 saturated heterocycles. The number of Topliss-reactive ketones (excluding diaryl/α,β-unsaturated/α-hetero) is 2. The molecule has 1 fully saturated rings. The Bertz CT molecular complexity index is 557. The summed E-state index contributed by atoms with van der Waals surface area (Å²) < 4.78 is 5.05. The molecule has 1 aromatic rings. The third-order valence-electron chi connectivity index (χ3n) is 3.46. The van der Waals surface area contributed by atoms with Gasteiger partial charge in [-0.1, -0.05) is 0 Å². The Labute approximate surface area is 112 Å². The van der Waals surface area contributed by atoms with Crippen LogP contribution in [0.3, 0.4) is 0 Å². The zero-order valence-corrected chi connectivity index (χ0v) is 10.8. The first-order valence-electron chi connectivity index (χ1n) is 6.29. The highest BCUT2D eigenvalue weighted by Crippen LogP contribution is 2.27. The number of carbonyl (C=O) groups is 2. The molecule has 0 spiro atoms. The number of hydrogen-bond donors (Lipinski definition) is 0. The van der Waals surface area contributed by atoms with Crippen LogP contribution in [0.5, 0.6) is 5.75 Å². The molecular formula is C15H15NO3. The van der Waals surface area contributed by atoms with Crippen LogP contribution in [0.2, 0.25) is 0 Å². The third kappa shape index (κ3) is 2.82. The van der Waals surface area contributed by atoms with Gasteiger partial charge in [0.2, 0.25) is 0 Å². The van der Waals surface area contributed by atoms with E-state index in [9.17, 15) is 9.59 Å². The van der Waals surface area contributed by atoms with Crippen LogP contribution in [0.4, 0.5) is 0 Å². The lowest BCUT2D eigenvalue weighted by Crippen LogP contribution is -2.23. The lowest BCUT2D eigenvalue weighted by molar-refractivity contribution is -0.121. The van der Waals surface area contributed by atoms with Gasteiger partial charge in [0.15, 0.2) is 5.78 Å². The van der Waals surface area contributed by atoms with E-state index in [1.54, 1.807) is 18.2 Å². The molecular weight excluding hydrogens is 242 g/mol. The number of hydrogen-bond acceptors (Lipinski definition) is 4. The molecule has 2 rings (SSSR count). The molecule has 4 heteroatoms. The predicted molar refractivity (Wildman–Crippen MR) is 69.0 cm³/mol. The molecule has 0 aromatic heterocycles. The van der Waals surface area contributed by atoms with Gasteiger partial charge in [0.25, 0.3) is 0 Å². The molecule has 4 nitrogen and oxygen atoms in total. The summed E-state index contributed by atoms with van der Waals surface area (Å²) in [6.07, 6.45) is 2.43. The fourth-order valence-electron chi connectivity index (χ4n) is 2.43. The number of ketones is 2. The molecule has 0 aliphatic heterocycles. The van der Waals surface area contributed by atoms with Crippen LogP contribution in [-0.2, 0) is 4.79 Å². The number of benzene rings is 1. The fraction of sp³-hybridized carbons (Fsp3) is 0.400. The minimum atomic E-state index is -0.235. The summed E-state index contributed by atoms with van der Waals surface area (Å²) in [6.45, 7) is 0. The summed E-state index contributed by atoms with van der Waals surface area (Å²) in [4.78, 5) is 23.7. The zero-order valence-electron chi connectivity index (χ0n) is 10.8. The Morgan fingerprint density at radius 1 is 1.47 bits per heavy atom. The molecule has 1 aliphatic carbocycles. The third-order valence-corrected chi connectivity index (χ3v) is 3.46. The molecule has 1 unspecified atom stereocenters. The van der Waals surface area contributed by atoms with E-state index in [2.05, 4.69) is 0 Å². The fourth-order valence-corrected chi connectivity index (χ4v) is 2.43. The van der Waals surface area contributed by atoms with Gasteiger partial charge in [0.1, 0.15) is 17.6 Å². The van der Waals surface area contributed by atoms with Gasteiger partial charge in [-0.3, -0.25) is 9.59 Å². The molecule has 0 N–H and O–H groups in total. The number of carbonyl (C=O) groups excluding carboxylic acids is 2. The van der Waals surface area contributed by atoms with Crippen LogP contribution in [0, 0.1) is 17.2 Å². The first kappa shape index (κ1) is 13.3. The summed E-state index contributed by atoms with van der Waals surface area (Å²) >= 11 is 0. The highest BCUT2D eigenvalue weighted by molar-refractivity contribution is 6.00. The summed E-state index contributed by atoms with van der Waals surface area (Å²) in [5.41, 5.74) is 0.826. The monoisotopic (exact) mass is 257 g/mol. The maximum atomic E-state index is 12.3. The largest absolute Gasteiger partial charge is 0.495 e. The summed E-state index contributed by atoms with van der Waals surface area (Å²) in [5, 5.41) is 9.01. The standard InChI is InChI=1S/C15H15NO3/c1-19-14-6-5-11(7-12(14)9-16)15(18)10-3-2-4-13(17)8-10/h5-7,10H,2-4,8H2,1H3. The van der Waals surface area contributed by atoms with Gasteiger partial charge < -0.3 is 4.74 Å². The van der Waals surface area contributed by atoms with E-state index >= 15 is 0 Å². The topological polar surface area (TPSA) is 67.2 Å². The number of methoxy groups -OCH3 is 1. The van der Waals surface area contributed by atoms with Crippen molar-refractivity contribution in [2.24, 2.45) is 5.92 Å². The van der Waals surface area contributed by atoms with Crippen LogP contribution in [-0.4, -0.2) is 18.7 Å². The van der Waals surface area contributed by atoms with Gasteiger partial charge in [-0.15, -0.1) is 0 Å². The Balaban J connectivity index is 2.24. The van der Waals surface area contributed by atoms with Crippen molar-refractivity contribution in [2.45, 2.75) is 25.7 Å². The average molecular weight is 257 g/mol. The van der Waals surface area contributed by atoms with Crippen molar-refractivity contribution < 1.29 is 14.3 Å². The highest BCUT2D eigenvalue weighted by Gasteiger charge is 2.26. The Kier molecular flexibility index (Phi) is 3.96. The first-order valence-corrected chi connectivity index (χ1v) is 6.29. The molecule has 0 radical (unpaired) electrons. The molecule has 1 aromatic carbocycles. The average Bonchev–Trinajstić information content (AvgIpc) is 2.45. The molecule has 98 valence electrons. The van der Waals surface area contributed by atoms with Gasteiger partial charge >= 0.3 is 0 Å². The van der Waals surface area contributed by atoms with Crippen LogP contribution >= 0.6 is 0 Å². The minimum absolute atomic E-state index is 0.0489. The summed E-state index contributed by atoms with van der Waals surface area (Å²) in [5.74, 6) is 0.325. The Hall–Kier alpha value is -2.15. The van der Waals surface area contributed by atoms with Crippen molar-refractivity contribution in [3.05, 3.63) is 29.3 Å². The Morgan fingerprint density at radius 2 is 2.26 bits per heavy atom. The van der Waals surface area contributed by atoms with Crippen molar-refractivity contribution in [3.63, 3.8) is 0 Å². The second kappa shape index (κ2) is 5.66. The second-order valence-electron chi connectivity index (χ2n) is 4.72. The van der Waals surface area contributed by atoms with Gasteiger partial charge in [-0.25, -0.2) is 0 Å². The van der Waals surface area contributed by atoms with Crippen LogP contribution in [0.25, 0.3) is 0 Å². The highest BCUT2D eigenvalue weighted by atomic mass is 16.5. The van der Waals surface area contributed by atoms with Crippen LogP contribution in [0.1, 0.15) is 41.6 Å². The van der Waals surface area contributed by atoms with E-state index in [4.69, 9.17) is 10.00 Å². The van der Waals surface area contributed by atoms with E-state index < -0.39 is 0 Å². The van der Waals surface area contributed by atoms with E-state index in [0.29, 0.717) is 29.7 Å². The normalized spacial score (nSPS) is 18.7. The van der Waals surface area contributed by atoms with E-state index in [1.165, 1.54) is 7.11 Å². The van der Waals surface area contributed by atoms with Gasteiger partial charge in [0.05, 0.1) is 12.7 Å². The number of nitriles is 1. The minimum Gasteiger partial charge on any atom is -0.495 e. The van der Waals surface area contributed by atoms with Crippen LogP contribution in [0.15, 0.2) is 18.2 Å². The van der Waals surface area contributed by atoms with Crippen LogP contribution < -0.4 is 4.74 Å². The van der Waals surface area contributed by atoms with E-state index in [-0.39, 0.29) is 17.5 Å². The van der Waals surface area contributed by atoms with Crippen molar-refractivity contribution >= 4 is 11.6 Å². The van der Waals surface area contributed by atoms with E-state index in [1.807, 2.05) is 6.07 Å². The molecule has 1 saturated carbocycles. The van der Waals surface area contributed by atoms with Crippen molar-refractivity contribution in [2.75, 3.05) is 7.11 Å². The molecule has 19 heavy (non-hydrogen) atoms. The number of ether oxygens (including phenoxy) is 1. The van der Waals surface area contributed by atoms with Crippen molar-refractivity contribution in [1.29, 1.82) is 5.26 Å². The van der Waals surface area contributed by atoms with E-state index in [0.717, 1.165) is 12.8 Å². The van der Waals surface area contributed by atoms with Gasteiger partial charge in [-0.2, -0.15) is 5.26 Å². The lowest BCUT2D eigenvalue weighted by Gasteiger charge is -2.19. The van der Waals surface area contributed by atoms with Crippen molar-refractivity contribution in [1.82, 2.24) is 0 Å². The SMILES string of the molecule is COc1ccc(C(=O)C2CCCC(=O)C2)cc1C#N. The molecule has 0 amide bonds. The molecule has 0 bridgehead atoms. The lowest BCUT2D eigenvalue weighted by atomic mass is 9.83. The van der Waals surface area contributed by atoms with Gasteiger partial charge in [-0.05, 0) is 31.0 Å². The zero-order chi connectivity index (χ0) is 13.8. The molecule has 1 aliphatic rings. The molecule has 1 atom stereocenters. The maximum absolute atomic E-state index is 12.3.